The molecular weight excluding hydrogens is 244 g/mol. The van der Waals surface area contributed by atoms with Crippen molar-refractivity contribution in [3.8, 4) is 11.4 Å². The lowest BCUT2D eigenvalue weighted by atomic mass is 10.1. The summed E-state index contributed by atoms with van der Waals surface area (Å²) in [5, 5.41) is 0. The summed E-state index contributed by atoms with van der Waals surface area (Å²) in [4.78, 5) is 20.4. The summed E-state index contributed by atoms with van der Waals surface area (Å²) >= 11 is 1.69. The van der Waals surface area contributed by atoms with Gasteiger partial charge in [-0.1, -0.05) is 19.1 Å². The van der Waals surface area contributed by atoms with E-state index in [1.54, 1.807) is 11.8 Å². The second-order valence-corrected chi connectivity index (χ2v) is 4.95. The zero-order valence-electron chi connectivity index (χ0n) is 10.8. The zero-order chi connectivity index (χ0) is 13.1. The van der Waals surface area contributed by atoms with E-state index >= 15 is 0 Å². The molecule has 18 heavy (non-hydrogen) atoms. The summed E-state index contributed by atoms with van der Waals surface area (Å²) in [6, 6.07) is 8.04. The molecule has 0 atom stereocenters. The Morgan fingerprint density at radius 2 is 1.94 bits per heavy atom. The maximum absolute atomic E-state index is 11.8. The second kappa shape index (κ2) is 5.40. The van der Waals surface area contributed by atoms with Gasteiger partial charge in [0, 0.05) is 16.0 Å². The van der Waals surface area contributed by atoms with E-state index < -0.39 is 0 Å². The highest BCUT2D eigenvalue weighted by Gasteiger charge is 2.07. The number of benzene rings is 1. The van der Waals surface area contributed by atoms with Crippen LogP contribution in [0.2, 0.25) is 0 Å². The van der Waals surface area contributed by atoms with Crippen LogP contribution in [0.5, 0.6) is 0 Å². The first-order valence-corrected chi connectivity index (χ1v) is 7.12. The van der Waals surface area contributed by atoms with E-state index in [0.29, 0.717) is 11.4 Å². The van der Waals surface area contributed by atoms with Gasteiger partial charge in [-0.25, -0.2) is 4.98 Å². The summed E-state index contributed by atoms with van der Waals surface area (Å²) in [7, 11) is 0. The molecule has 2 aromatic rings. The van der Waals surface area contributed by atoms with Crippen LogP contribution in [-0.2, 0) is 6.42 Å². The Hall–Kier alpha value is -1.55. The van der Waals surface area contributed by atoms with Crippen molar-refractivity contribution in [1.82, 2.24) is 9.97 Å². The maximum Gasteiger partial charge on any atom is 0.254 e. The molecule has 1 aromatic carbocycles. The van der Waals surface area contributed by atoms with Crippen LogP contribution in [0.3, 0.4) is 0 Å². The molecule has 0 bridgehead atoms. The van der Waals surface area contributed by atoms with Crippen molar-refractivity contribution in [3.63, 3.8) is 0 Å². The van der Waals surface area contributed by atoms with E-state index in [1.807, 2.05) is 44.4 Å². The van der Waals surface area contributed by atoms with E-state index in [9.17, 15) is 4.79 Å². The van der Waals surface area contributed by atoms with E-state index in [1.165, 1.54) is 4.90 Å². The number of nitrogens with zero attached hydrogens (tertiary/aromatic N) is 1. The number of rotatable bonds is 3. The third-order valence-corrected chi connectivity index (χ3v) is 3.69. The van der Waals surface area contributed by atoms with Gasteiger partial charge in [-0.05, 0) is 31.7 Å². The summed E-state index contributed by atoms with van der Waals surface area (Å²) < 4.78 is 0. The van der Waals surface area contributed by atoms with Gasteiger partial charge in [-0.2, -0.15) is 0 Å². The Bertz CT molecular complexity index is 602. The molecule has 0 fully saturated rings. The van der Waals surface area contributed by atoms with Gasteiger partial charge in [0.15, 0.2) is 0 Å². The van der Waals surface area contributed by atoms with E-state index in [-0.39, 0.29) is 5.56 Å². The number of thioether (sulfide) groups is 1. The summed E-state index contributed by atoms with van der Waals surface area (Å²) in [6.45, 7) is 3.82. The monoisotopic (exact) mass is 260 g/mol. The van der Waals surface area contributed by atoms with Crippen LogP contribution in [0.15, 0.2) is 34.0 Å². The van der Waals surface area contributed by atoms with Crippen LogP contribution in [0, 0.1) is 6.92 Å². The van der Waals surface area contributed by atoms with Gasteiger partial charge in [0.05, 0.1) is 5.69 Å². The number of hydrogen-bond acceptors (Lipinski definition) is 3. The van der Waals surface area contributed by atoms with Crippen LogP contribution in [-0.4, -0.2) is 16.2 Å². The molecule has 0 spiro atoms. The number of hydrogen-bond donors (Lipinski definition) is 1. The molecule has 0 aliphatic rings. The quantitative estimate of drug-likeness (QED) is 0.863. The molecular formula is C14H16N2OS. The average molecular weight is 260 g/mol. The maximum atomic E-state index is 11.8. The van der Waals surface area contributed by atoms with Gasteiger partial charge >= 0.3 is 0 Å². The molecule has 0 radical (unpaired) electrons. The van der Waals surface area contributed by atoms with Crippen molar-refractivity contribution < 1.29 is 0 Å². The van der Waals surface area contributed by atoms with E-state index in [0.717, 1.165) is 17.7 Å². The van der Waals surface area contributed by atoms with Gasteiger partial charge in [0.25, 0.3) is 5.56 Å². The predicted octanol–water partition coefficient (Wildman–Crippen LogP) is 3.03. The zero-order valence-corrected chi connectivity index (χ0v) is 11.6. The van der Waals surface area contributed by atoms with Gasteiger partial charge in [-0.3, -0.25) is 4.79 Å². The van der Waals surface area contributed by atoms with Gasteiger partial charge in [0.1, 0.15) is 5.82 Å². The molecule has 4 heteroatoms. The Morgan fingerprint density at radius 3 is 2.50 bits per heavy atom. The van der Waals surface area contributed by atoms with E-state index in [4.69, 9.17) is 0 Å². The molecule has 0 aliphatic carbocycles. The molecule has 2 rings (SSSR count). The number of aromatic nitrogens is 2. The minimum Gasteiger partial charge on any atom is -0.306 e. The third-order valence-electron chi connectivity index (χ3n) is 2.95. The van der Waals surface area contributed by atoms with Crippen molar-refractivity contribution in [1.29, 1.82) is 0 Å². The van der Waals surface area contributed by atoms with Crippen molar-refractivity contribution in [3.05, 3.63) is 45.9 Å². The molecule has 0 unspecified atom stereocenters. The number of H-pyrrole nitrogens is 1. The topological polar surface area (TPSA) is 45.8 Å². The second-order valence-electron chi connectivity index (χ2n) is 4.07. The SMILES string of the molecule is CCc1nc(-c2ccc(SC)cc2)[nH]c(=O)c1C. The Morgan fingerprint density at radius 1 is 1.28 bits per heavy atom. The summed E-state index contributed by atoms with van der Waals surface area (Å²) in [6.07, 6.45) is 2.81. The molecule has 0 saturated heterocycles. The summed E-state index contributed by atoms with van der Waals surface area (Å²) in [5.74, 6) is 0.648. The minimum atomic E-state index is -0.0502. The third kappa shape index (κ3) is 2.48. The van der Waals surface area contributed by atoms with Crippen LogP contribution in [0.25, 0.3) is 11.4 Å². The minimum absolute atomic E-state index is 0.0502. The fourth-order valence-corrected chi connectivity index (χ4v) is 2.22. The van der Waals surface area contributed by atoms with E-state index in [2.05, 4.69) is 9.97 Å². The van der Waals surface area contributed by atoms with Crippen molar-refractivity contribution in [2.24, 2.45) is 0 Å². The molecule has 1 heterocycles. The molecule has 1 aromatic heterocycles. The highest BCUT2D eigenvalue weighted by atomic mass is 32.2. The van der Waals surface area contributed by atoms with Crippen LogP contribution < -0.4 is 5.56 Å². The van der Waals surface area contributed by atoms with Crippen LogP contribution in [0.4, 0.5) is 0 Å². The predicted molar refractivity (Wildman–Crippen MR) is 76.2 cm³/mol. The standard InChI is InChI=1S/C14H16N2OS/c1-4-12-9(2)14(17)16-13(15-12)10-5-7-11(18-3)8-6-10/h5-8H,4H2,1-3H3,(H,15,16,17). The number of aryl methyl sites for hydroxylation is 1. The summed E-state index contributed by atoms with van der Waals surface area (Å²) in [5.41, 5.74) is 2.47. The van der Waals surface area contributed by atoms with Gasteiger partial charge in [-0.15, -0.1) is 11.8 Å². The highest BCUT2D eigenvalue weighted by Crippen LogP contribution is 2.20. The normalized spacial score (nSPS) is 10.6. The first-order valence-electron chi connectivity index (χ1n) is 5.90. The lowest BCUT2D eigenvalue weighted by Gasteiger charge is -2.06. The molecule has 0 saturated carbocycles. The van der Waals surface area contributed by atoms with Crippen molar-refractivity contribution in [2.45, 2.75) is 25.2 Å². The van der Waals surface area contributed by atoms with Gasteiger partial charge in [0.2, 0.25) is 0 Å². The molecule has 94 valence electrons. The first-order chi connectivity index (χ1) is 8.65. The van der Waals surface area contributed by atoms with Crippen molar-refractivity contribution >= 4 is 11.8 Å². The van der Waals surface area contributed by atoms with Crippen LogP contribution in [0.1, 0.15) is 18.2 Å². The lowest BCUT2D eigenvalue weighted by molar-refractivity contribution is 0.954. The molecule has 1 N–H and O–H groups in total. The fraction of sp³-hybridized carbons (Fsp3) is 0.286. The average Bonchev–Trinajstić information content (AvgIpc) is 2.42. The molecule has 3 nitrogen and oxygen atoms in total. The first kappa shape index (κ1) is 12.9. The van der Waals surface area contributed by atoms with Gasteiger partial charge < -0.3 is 4.98 Å². The number of nitrogens with one attached hydrogen (secondary N) is 1. The number of aromatic amines is 1. The Balaban J connectivity index is 2.50. The molecule has 0 amide bonds. The lowest BCUT2D eigenvalue weighted by Crippen LogP contribution is -2.15. The van der Waals surface area contributed by atoms with Crippen molar-refractivity contribution in [2.75, 3.05) is 6.26 Å². The largest absolute Gasteiger partial charge is 0.306 e. The Kier molecular flexibility index (Phi) is 3.87. The fourth-order valence-electron chi connectivity index (χ4n) is 1.81. The Labute approximate surface area is 111 Å². The smallest absolute Gasteiger partial charge is 0.254 e. The van der Waals surface area contributed by atoms with Crippen LogP contribution >= 0.6 is 11.8 Å². The molecule has 0 aliphatic heterocycles. The highest BCUT2D eigenvalue weighted by molar-refractivity contribution is 7.98.